The van der Waals surface area contributed by atoms with E-state index in [-0.39, 0.29) is 9.36 Å². The molecule has 0 saturated carbocycles. The van der Waals surface area contributed by atoms with E-state index in [0.717, 1.165) is 11.3 Å². The average Bonchev–Trinajstić information content (AvgIpc) is 2.65. The number of hydrogen-bond donors (Lipinski definition) is 1. The van der Waals surface area contributed by atoms with Gasteiger partial charge in [0.2, 0.25) is 0 Å². The molecule has 0 amide bonds. The molecule has 0 aliphatic heterocycles. The summed E-state index contributed by atoms with van der Waals surface area (Å²) in [7, 11) is -3.69. The smallest absolute Gasteiger partial charge is 0.271 e. The lowest BCUT2D eigenvalue weighted by atomic mass is 10.4. The molecule has 0 aliphatic carbocycles. The van der Waals surface area contributed by atoms with E-state index in [1.165, 1.54) is 18.3 Å². The van der Waals surface area contributed by atoms with Crippen LogP contribution in [0.2, 0.25) is 10.2 Å². The number of nitrogens with zero attached hydrogens (tertiary/aromatic N) is 1. The number of halogens is 4. The first-order chi connectivity index (χ1) is 8.79. The van der Waals surface area contributed by atoms with Gasteiger partial charge in [0.15, 0.2) is 0 Å². The van der Waals surface area contributed by atoms with Crippen molar-refractivity contribution in [2.45, 2.75) is 4.21 Å². The Hall–Kier alpha value is 0.140. The highest BCUT2D eigenvalue weighted by atomic mass is 79.9. The Labute approximate surface area is 140 Å². The quantitative estimate of drug-likeness (QED) is 0.662. The van der Waals surface area contributed by atoms with Gasteiger partial charge in [0.05, 0.1) is 25.2 Å². The molecule has 0 spiro atoms. The summed E-state index contributed by atoms with van der Waals surface area (Å²) in [4.78, 5) is 3.84. The summed E-state index contributed by atoms with van der Waals surface area (Å²) in [6.45, 7) is 0. The van der Waals surface area contributed by atoms with Gasteiger partial charge < -0.3 is 0 Å². The van der Waals surface area contributed by atoms with Crippen LogP contribution in [0, 0.1) is 0 Å². The molecule has 0 bridgehead atoms. The van der Waals surface area contributed by atoms with Crippen LogP contribution < -0.4 is 4.72 Å². The minimum absolute atomic E-state index is 0.107. The predicted octanol–water partition coefficient (Wildman–Crippen LogP) is 4.78. The molecule has 19 heavy (non-hydrogen) atoms. The molecule has 102 valence electrons. The van der Waals surface area contributed by atoms with Gasteiger partial charge in [0, 0.05) is 0 Å². The van der Waals surface area contributed by atoms with Crippen LogP contribution >= 0.6 is 66.4 Å². The van der Waals surface area contributed by atoms with Crippen molar-refractivity contribution in [3.8, 4) is 0 Å². The Kier molecular flexibility index (Phi) is 4.79. The maximum atomic E-state index is 12.1. The number of pyridine rings is 1. The van der Waals surface area contributed by atoms with E-state index in [0.29, 0.717) is 19.0 Å². The minimum Gasteiger partial charge on any atom is -0.277 e. The number of hydrogen-bond acceptors (Lipinski definition) is 4. The molecule has 2 aromatic heterocycles. The van der Waals surface area contributed by atoms with Gasteiger partial charge in [-0.3, -0.25) is 4.72 Å². The molecule has 2 rings (SSSR count). The van der Waals surface area contributed by atoms with E-state index < -0.39 is 10.0 Å². The molecule has 4 nitrogen and oxygen atoms in total. The van der Waals surface area contributed by atoms with Gasteiger partial charge in [0.1, 0.15) is 9.36 Å². The van der Waals surface area contributed by atoms with Crippen molar-refractivity contribution in [1.29, 1.82) is 0 Å². The predicted molar refractivity (Wildman–Crippen MR) is 84.8 cm³/mol. The van der Waals surface area contributed by atoms with Crippen LogP contribution in [0.3, 0.4) is 0 Å². The van der Waals surface area contributed by atoms with Gasteiger partial charge in [-0.15, -0.1) is 11.3 Å². The zero-order valence-corrected chi connectivity index (χ0v) is 15.1. The first-order valence-electron chi connectivity index (χ1n) is 4.58. The fourth-order valence-electron chi connectivity index (χ4n) is 1.14. The lowest BCUT2D eigenvalue weighted by molar-refractivity contribution is 0.603. The van der Waals surface area contributed by atoms with Gasteiger partial charge in [0.25, 0.3) is 10.0 Å². The van der Waals surface area contributed by atoms with E-state index in [2.05, 4.69) is 41.6 Å². The number of sulfonamides is 1. The van der Waals surface area contributed by atoms with E-state index in [1.807, 2.05) is 0 Å². The molecule has 0 atom stereocenters. The van der Waals surface area contributed by atoms with Crippen molar-refractivity contribution in [2.24, 2.45) is 0 Å². The Balaban J connectivity index is 2.33. The first kappa shape index (κ1) is 15.5. The van der Waals surface area contributed by atoms with Gasteiger partial charge >= 0.3 is 0 Å². The summed E-state index contributed by atoms with van der Waals surface area (Å²) >= 11 is 18.9. The highest BCUT2D eigenvalue weighted by Crippen LogP contribution is 2.35. The summed E-state index contributed by atoms with van der Waals surface area (Å²) in [5.74, 6) is 0. The number of nitrogens with one attached hydrogen (secondary N) is 1. The van der Waals surface area contributed by atoms with E-state index in [9.17, 15) is 8.42 Å². The largest absolute Gasteiger partial charge is 0.277 e. The summed E-state index contributed by atoms with van der Waals surface area (Å²) in [5.41, 5.74) is 0.303. The molecule has 0 unspecified atom stereocenters. The van der Waals surface area contributed by atoms with Crippen molar-refractivity contribution in [1.82, 2.24) is 4.98 Å². The molecule has 2 heterocycles. The third-order valence-corrected chi connectivity index (χ3v) is 7.40. The lowest BCUT2D eigenvalue weighted by Crippen LogP contribution is -2.11. The van der Waals surface area contributed by atoms with Crippen LogP contribution in [-0.2, 0) is 10.0 Å². The Morgan fingerprint density at radius 3 is 2.47 bits per heavy atom. The Bertz CT molecular complexity index is 714. The SMILES string of the molecule is O=S(=O)(Nc1cnc(Cl)c(Br)c1)c1cc(Cl)c(Br)s1. The molecular formula is C9H4Br2Cl2N2O2S2. The normalized spacial score (nSPS) is 11.6. The van der Waals surface area contributed by atoms with Crippen molar-refractivity contribution >= 4 is 82.1 Å². The fraction of sp³-hybridized carbons (Fsp3) is 0. The molecule has 1 N–H and O–H groups in total. The van der Waals surface area contributed by atoms with Crippen molar-refractivity contribution in [2.75, 3.05) is 4.72 Å². The molecule has 0 fully saturated rings. The van der Waals surface area contributed by atoms with Gasteiger partial charge in [-0.1, -0.05) is 23.2 Å². The number of rotatable bonds is 3. The maximum absolute atomic E-state index is 12.1. The van der Waals surface area contributed by atoms with Gasteiger partial charge in [-0.05, 0) is 44.0 Å². The molecule has 0 aromatic carbocycles. The van der Waals surface area contributed by atoms with E-state index in [4.69, 9.17) is 23.2 Å². The number of thiophene rings is 1. The van der Waals surface area contributed by atoms with E-state index >= 15 is 0 Å². The molecule has 0 saturated heterocycles. The summed E-state index contributed by atoms with van der Waals surface area (Å²) in [6, 6.07) is 2.90. The van der Waals surface area contributed by atoms with Crippen molar-refractivity contribution < 1.29 is 8.42 Å². The lowest BCUT2D eigenvalue weighted by Gasteiger charge is -2.06. The van der Waals surface area contributed by atoms with Crippen LogP contribution in [0.1, 0.15) is 0 Å². The Morgan fingerprint density at radius 1 is 1.26 bits per heavy atom. The van der Waals surface area contributed by atoms with Crippen LogP contribution in [0.5, 0.6) is 0 Å². The molecule has 2 aromatic rings. The number of aromatic nitrogens is 1. The standard InChI is InChI=1S/C9H4Br2Cl2N2O2S2/c10-5-1-4(3-14-9(5)13)15-19(16,17)7-2-6(12)8(11)18-7/h1-3,15H. The minimum atomic E-state index is -3.69. The third-order valence-electron chi connectivity index (χ3n) is 1.94. The summed E-state index contributed by atoms with van der Waals surface area (Å²) in [5, 5.41) is 0.602. The fourth-order valence-corrected chi connectivity index (χ4v) is 5.03. The molecule has 10 heteroatoms. The first-order valence-corrected chi connectivity index (χ1v) is 9.22. The van der Waals surface area contributed by atoms with Crippen molar-refractivity contribution in [3.63, 3.8) is 0 Å². The monoisotopic (exact) mass is 464 g/mol. The van der Waals surface area contributed by atoms with E-state index in [1.54, 1.807) is 0 Å². The average molecular weight is 467 g/mol. The topological polar surface area (TPSA) is 59.1 Å². The van der Waals surface area contributed by atoms with Crippen LogP contribution in [-0.4, -0.2) is 13.4 Å². The van der Waals surface area contributed by atoms with Crippen molar-refractivity contribution in [3.05, 3.63) is 36.8 Å². The second-order valence-corrected chi connectivity index (χ2v) is 9.19. The highest BCUT2D eigenvalue weighted by Gasteiger charge is 2.19. The van der Waals surface area contributed by atoms with Crippen LogP contribution in [0.15, 0.2) is 30.8 Å². The molecular weight excluding hydrogens is 463 g/mol. The van der Waals surface area contributed by atoms with Gasteiger partial charge in [-0.25, -0.2) is 13.4 Å². The summed E-state index contributed by atoms with van der Waals surface area (Å²) in [6.07, 6.45) is 1.33. The van der Waals surface area contributed by atoms with Crippen LogP contribution in [0.25, 0.3) is 0 Å². The summed E-state index contributed by atoms with van der Waals surface area (Å²) < 4.78 is 27.8. The highest BCUT2D eigenvalue weighted by molar-refractivity contribution is 9.11. The number of anilines is 1. The second-order valence-electron chi connectivity index (χ2n) is 3.29. The van der Waals surface area contributed by atoms with Gasteiger partial charge in [-0.2, -0.15) is 0 Å². The van der Waals surface area contributed by atoms with Crippen LogP contribution in [0.4, 0.5) is 5.69 Å². The second kappa shape index (κ2) is 5.87. The molecule has 0 radical (unpaired) electrons. The maximum Gasteiger partial charge on any atom is 0.271 e. The zero-order chi connectivity index (χ0) is 14.2. The Morgan fingerprint density at radius 2 is 1.95 bits per heavy atom. The zero-order valence-electron chi connectivity index (χ0n) is 8.82. The molecule has 0 aliphatic rings. The third kappa shape index (κ3) is 3.62.